The van der Waals surface area contributed by atoms with E-state index in [1.807, 2.05) is 0 Å². The number of aryl methyl sites for hydroxylation is 1. The highest BCUT2D eigenvalue weighted by molar-refractivity contribution is 6.13. The Kier molecular flexibility index (Phi) is 4.43. The molecule has 1 aromatic heterocycles. The lowest BCUT2D eigenvalue weighted by Crippen LogP contribution is -2.10. The SMILES string of the molecule is COC(=O)c1cn(-c2cc(F)ccc2C)nc1C(=O)c1ccccc1. The van der Waals surface area contributed by atoms with Crippen LogP contribution in [-0.4, -0.2) is 28.6 Å². The second kappa shape index (κ2) is 6.68. The van der Waals surface area contributed by atoms with Gasteiger partial charge in [0, 0.05) is 11.8 Å². The van der Waals surface area contributed by atoms with Gasteiger partial charge in [-0.15, -0.1) is 0 Å². The predicted octanol–water partition coefficient (Wildman–Crippen LogP) is 3.34. The van der Waals surface area contributed by atoms with Crippen LogP contribution in [-0.2, 0) is 4.74 Å². The number of nitrogens with zero attached hydrogens (tertiary/aromatic N) is 2. The van der Waals surface area contributed by atoms with E-state index in [-0.39, 0.29) is 11.3 Å². The van der Waals surface area contributed by atoms with Gasteiger partial charge in [-0.3, -0.25) is 4.79 Å². The molecule has 2 aromatic carbocycles. The summed E-state index contributed by atoms with van der Waals surface area (Å²) in [6.07, 6.45) is 1.38. The van der Waals surface area contributed by atoms with E-state index in [1.165, 1.54) is 30.1 Å². The zero-order chi connectivity index (χ0) is 18.0. The molecule has 0 unspecified atom stereocenters. The predicted molar refractivity (Wildman–Crippen MR) is 89.5 cm³/mol. The Labute approximate surface area is 143 Å². The summed E-state index contributed by atoms with van der Waals surface area (Å²) < 4.78 is 19.7. The van der Waals surface area contributed by atoms with Crippen molar-refractivity contribution in [3.05, 3.63) is 82.9 Å². The zero-order valence-electron chi connectivity index (χ0n) is 13.7. The first kappa shape index (κ1) is 16.6. The largest absolute Gasteiger partial charge is 0.465 e. The second-order valence-electron chi connectivity index (χ2n) is 5.45. The Morgan fingerprint density at radius 2 is 1.84 bits per heavy atom. The van der Waals surface area contributed by atoms with E-state index in [0.717, 1.165) is 5.56 Å². The highest BCUT2D eigenvalue weighted by Crippen LogP contribution is 2.20. The van der Waals surface area contributed by atoms with Gasteiger partial charge in [0.05, 0.1) is 12.8 Å². The fraction of sp³-hybridized carbons (Fsp3) is 0.105. The highest BCUT2D eigenvalue weighted by atomic mass is 19.1. The van der Waals surface area contributed by atoms with Crippen LogP contribution in [0.5, 0.6) is 0 Å². The lowest BCUT2D eigenvalue weighted by Gasteiger charge is -2.05. The normalized spacial score (nSPS) is 10.5. The zero-order valence-corrected chi connectivity index (χ0v) is 13.7. The molecule has 0 aliphatic heterocycles. The molecule has 0 spiro atoms. The van der Waals surface area contributed by atoms with Gasteiger partial charge >= 0.3 is 5.97 Å². The molecule has 0 N–H and O–H groups in total. The Hall–Kier alpha value is -3.28. The first-order valence-electron chi connectivity index (χ1n) is 7.55. The van der Waals surface area contributed by atoms with Crippen molar-refractivity contribution in [2.45, 2.75) is 6.92 Å². The average Bonchev–Trinajstić information content (AvgIpc) is 3.08. The molecule has 0 fully saturated rings. The molecule has 3 aromatic rings. The first-order valence-corrected chi connectivity index (χ1v) is 7.55. The minimum atomic E-state index is -0.681. The Morgan fingerprint density at radius 1 is 1.12 bits per heavy atom. The summed E-state index contributed by atoms with van der Waals surface area (Å²) >= 11 is 0. The maximum absolute atomic E-state index is 13.6. The molecule has 0 bridgehead atoms. The summed E-state index contributed by atoms with van der Waals surface area (Å²) in [5, 5.41) is 4.23. The lowest BCUT2D eigenvalue weighted by atomic mass is 10.1. The van der Waals surface area contributed by atoms with E-state index in [2.05, 4.69) is 5.10 Å². The molecule has 25 heavy (non-hydrogen) atoms. The van der Waals surface area contributed by atoms with Crippen molar-refractivity contribution in [2.75, 3.05) is 7.11 Å². The van der Waals surface area contributed by atoms with Crippen LogP contribution < -0.4 is 0 Å². The van der Waals surface area contributed by atoms with Crippen molar-refractivity contribution >= 4 is 11.8 Å². The van der Waals surface area contributed by atoms with E-state index in [4.69, 9.17) is 4.74 Å². The molecule has 1 heterocycles. The summed E-state index contributed by atoms with van der Waals surface area (Å²) in [6, 6.07) is 12.7. The quantitative estimate of drug-likeness (QED) is 0.541. The molecule has 0 radical (unpaired) electrons. The standard InChI is InChI=1S/C19H15FN2O3/c1-12-8-9-14(20)10-16(12)22-11-15(19(24)25-2)17(21-22)18(23)13-6-4-3-5-7-13/h3-11H,1-2H3. The lowest BCUT2D eigenvalue weighted by molar-refractivity contribution is 0.0597. The summed E-state index contributed by atoms with van der Waals surface area (Å²) in [5.74, 6) is -1.53. The van der Waals surface area contributed by atoms with Gasteiger partial charge in [0.15, 0.2) is 0 Å². The van der Waals surface area contributed by atoms with Crippen molar-refractivity contribution < 1.29 is 18.7 Å². The Morgan fingerprint density at radius 3 is 2.52 bits per heavy atom. The third-order valence-electron chi connectivity index (χ3n) is 3.79. The maximum Gasteiger partial charge on any atom is 0.341 e. The van der Waals surface area contributed by atoms with Crippen LogP contribution >= 0.6 is 0 Å². The van der Waals surface area contributed by atoms with Crippen molar-refractivity contribution in [3.8, 4) is 5.69 Å². The first-order chi connectivity index (χ1) is 12.0. The van der Waals surface area contributed by atoms with Crippen LogP contribution in [0.1, 0.15) is 32.0 Å². The number of benzene rings is 2. The summed E-state index contributed by atoms with van der Waals surface area (Å²) in [6.45, 7) is 1.78. The molecule has 0 atom stereocenters. The van der Waals surface area contributed by atoms with Crippen LogP contribution in [0.25, 0.3) is 5.69 Å². The molecule has 0 aliphatic carbocycles. The number of ketones is 1. The molecular weight excluding hydrogens is 323 g/mol. The fourth-order valence-corrected chi connectivity index (χ4v) is 2.48. The van der Waals surface area contributed by atoms with E-state index < -0.39 is 17.6 Å². The summed E-state index contributed by atoms with van der Waals surface area (Å²) in [4.78, 5) is 24.8. The van der Waals surface area contributed by atoms with E-state index >= 15 is 0 Å². The third-order valence-corrected chi connectivity index (χ3v) is 3.79. The van der Waals surface area contributed by atoms with Gasteiger partial charge in [0.25, 0.3) is 0 Å². The van der Waals surface area contributed by atoms with E-state index in [9.17, 15) is 14.0 Å². The topological polar surface area (TPSA) is 61.2 Å². The van der Waals surface area contributed by atoms with Gasteiger partial charge < -0.3 is 4.74 Å². The molecule has 0 saturated carbocycles. The Balaban J connectivity index is 2.15. The molecule has 6 heteroatoms. The van der Waals surface area contributed by atoms with Crippen LogP contribution in [0.4, 0.5) is 4.39 Å². The van der Waals surface area contributed by atoms with Crippen LogP contribution in [0.2, 0.25) is 0 Å². The number of hydrogen-bond acceptors (Lipinski definition) is 4. The molecule has 3 rings (SSSR count). The highest BCUT2D eigenvalue weighted by Gasteiger charge is 2.24. The molecular formula is C19H15FN2O3. The van der Waals surface area contributed by atoms with Crippen molar-refractivity contribution in [3.63, 3.8) is 0 Å². The van der Waals surface area contributed by atoms with E-state index in [1.54, 1.807) is 43.3 Å². The van der Waals surface area contributed by atoms with Gasteiger partial charge in [-0.1, -0.05) is 36.4 Å². The number of hydrogen-bond donors (Lipinski definition) is 0. The van der Waals surface area contributed by atoms with Gasteiger partial charge in [0.2, 0.25) is 5.78 Å². The number of rotatable bonds is 4. The number of carbonyl (C=O) groups excluding carboxylic acids is 2. The monoisotopic (exact) mass is 338 g/mol. The number of aromatic nitrogens is 2. The number of esters is 1. The minimum absolute atomic E-state index is 0.0278. The van der Waals surface area contributed by atoms with Crippen molar-refractivity contribution in [2.24, 2.45) is 0 Å². The van der Waals surface area contributed by atoms with Gasteiger partial charge in [-0.2, -0.15) is 5.10 Å². The van der Waals surface area contributed by atoms with E-state index in [0.29, 0.717) is 11.3 Å². The summed E-state index contributed by atoms with van der Waals surface area (Å²) in [7, 11) is 1.23. The minimum Gasteiger partial charge on any atom is -0.465 e. The fourth-order valence-electron chi connectivity index (χ4n) is 2.48. The van der Waals surface area contributed by atoms with Crippen molar-refractivity contribution in [1.29, 1.82) is 0 Å². The number of ether oxygens (including phenoxy) is 1. The van der Waals surface area contributed by atoms with Crippen LogP contribution in [0, 0.1) is 12.7 Å². The molecule has 0 amide bonds. The number of methoxy groups -OCH3 is 1. The average molecular weight is 338 g/mol. The van der Waals surface area contributed by atoms with Crippen molar-refractivity contribution in [1.82, 2.24) is 9.78 Å². The van der Waals surface area contributed by atoms with Gasteiger partial charge in [0.1, 0.15) is 17.1 Å². The molecule has 0 aliphatic rings. The molecule has 0 saturated heterocycles. The summed E-state index contributed by atoms with van der Waals surface area (Å²) in [5.41, 5.74) is 1.58. The van der Waals surface area contributed by atoms with Gasteiger partial charge in [-0.05, 0) is 24.6 Å². The number of carbonyl (C=O) groups is 2. The second-order valence-corrected chi connectivity index (χ2v) is 5.45. The molecule has 126 valence electrons. The maximum atomic E-state index is 13.6. The Bertz CT molecular complexity index is 949. The third kappa shape index (κ3) is 3.19. The van der Waals surface area contributed by atoms with Crippen LogP contribution in [0.15, 0.2) is 54.7 Å². The van der Waals surface area contributed by atoms with Crippen LogP contribution in [0.3, 0.4) is 0 Å². The smallest absolute Gasteiger partial charge is 0.341 e. The number of halogens is 1. The molecule has 5 nitrogen and oxygen atoms in total. The van der Waals surface area contributed by atoms with Gasteiger partial charge in [-0.25, -0.2) is 13.9 Å².